The van der Waals surface area contributed by atoms with Crippen molar-refractivity contribution < 1.29 is 14.3 Å². The quantitative estimate of drug-likeness (QED) is 0.318. The fraction of sp³-hybridized carbons (Fsp3) is 0.320. The van der Waals surface area contributed by atoms with E-state index in [9.17, 15) is 9.59 Å². The van der Waals surface area contributed by atoms with Gasteiger partial charge in [0.2, 0.25) is 5.78 Å². The van der Waals surface area contributed by atoms with Crippen molar-refractivity contribution in [1.29, 1.82) is 0 Å². The molecule has 1 saturated carbocycles. The number of rotatable bonds is 7. The van der Waals surface area contributed by atoms with Crippen molar-refractivity contribution in [2.24, 2.45) is 0 Å². The van der Waals surface area contributed by atoms with E-state index < -0.39 is 5.97 Å². The highest BCUT2D eigenvalue weighted by atomic mass is 16.5. The number of aryl methyl sites for hydroxylation is 2. The molecule has 4 rings (SSSR count). The van der Waals surface area contributed by atoms with Gasteiger partial charge in [-0.05, 0) is 76.4 Å². The first-order valence-corrected chi connectivity index (χ1v) is 10.5. The molecule has 1 fully saturated rings. The summed E-state index contributed by atoms with van der Waals surface area (Å²) in [6.45, 7) is 7.65. The van der Waals surface area contributed by atoms with E-state index in [1.165, 1.54) is 24.6 Å². The molecular weight excluding hydrogens is 390 g/mol. The van der Waals surface area contributed by atoms with Gasteiger partial charge in [-0.1, -0.05) is 6.07 Å². The van der Waals surface area contributed by atoms with Gasteiger partial charge >= 0.3 is 5.97 Å². The SMILES string of the molecule is Cc1cc(C(=O)COC(=O)/C=C/c2cc(C)n(C3CC3)c2C)c(C)n1-c1ccccn1. The van der Waals surface area contributed by atoms with E-state index in [-0.39, 0.29) is 12.4 Å². The van der Waals surface area contributed by atoms with Crippen molar-refractivity contribution in [1.82, 2.24) is 14.1 Å². The Morgan fingerprint density at radius 2 is 1.87 bits per heavy atom. The topological polar surface area (TPSA) is 66.1 Å². The Bertz CT molecular complexity index is 1160. The molecule has 0 amide bonds. The summed E-state index contributed by atoms with van der Waals surface area (Å²) in [6.07, 6.45) is 7.30. The van der Waals surface area contributed by atoms with E-state index >= 15 is 0 Å². The normalized spacial score (nSPS) is 13.7. The minimum Gasteiger partial charge on any atom is -0.454 e. The van der Waals surface area contributed by atoms with Gasteiger partial charge in [0, 0.05) is 46.7 Å². The Hall–Kier alpha value is -3.41. The highest BCUT2D eigenvalue weighted by Gasteiger charge is 2.26. The van der Waals surface area contributed by atoms with Gasteiger partial charge in [-0.3, -0.25) is 4.79 Å². The monoisotopic (exact) mass is 417 g/mol. The van der Waals surface area contributed by atoms with E-state index in [4.69, 9.17) is 4.74 Å². The molecule has 0 bridgehead atoms. The Kier molecular flexibility index (Phi) is 5.63. The van der Waals surface area contributed by atoms with Crippen LogP contribution in [0.15, 0.2) is 42.6 Å². The third kappa shape index (κ3) is 4.24. The Labute approximate surface area is 182 Å². The van der Waals surface area contributed by atoms with E-state index in [2.05, 4.69) is 29.5 Å². The van der Waals surface area contributed by atoms with Gasteiger partial charge in [0.25, 0.3) is 0 Å². The molecule has 6 nitrogen and oxygen atoms in total. The zero-order valence-corrected chi connectivity index (χ0v) is 18.4. The largest absolute Gasteiger partial charge is 0.454 e. The smallest absolute Gasteiger partial charge is 0.331 e. The summed E-state index contributed by atoms with van der Waals surface area (Å²) >= 11 is 0. The van der Waals surface area contributed by atoms with Crippen LogP contribution < -0.4 is 0 Å². The predicted octanol–water partition coefficient (Wildman–Crippen LogP) is 4.68. The summed E-state index contributed by atoms with van der Waals surface area (Å²) < 4.78 is 9.47. The number of esters is 1. The minimum absolute atomic E-state index is 0.232. The molecule has 160 valence electrons. The van der Waals surface area contributed by atoms with Crippen LogP contribution in [-0.4, -0.2) is 32.5 Å². The molecule has 0 radical (unpaired) electrons. The van der Waals surface area contributed by atoms with Gasteiger partial charge in [-0.15, -0.1) is 0 Å². The highest BCUT2D eigenvalue weighted by molar-refractivity contribution is 6.00. The molecule has 0 saturated heterocycles. The van der Waals surface area contributed by atoms with Crippen LogP contribution in [0.1, 0.15) is 57.6 Å². The molecule has 3 heterocycles. The molecule has 3 aromatic rings. The average Bonchev–Trinajstić information content (AvgIpc) is 3.48. The summed E-state index contributed by atoms with van der Waals surface area (Å²) in [5.74, 6) is -0.00710. The van der Waals surface area contributed by atoms with Crippen LogP contribution >= 0.6 is 0 Å². The van der Waals surface area contributed by atoms with Crippen LogP contribution in [0.5, 0.6) is 0 Å². The molecule has 0 N–H and O–H groups in total. The molecule has 0 unspecified atom stereocenters. The lowest BCUT2D eigenvalue weighted by Gasteiger charge is -2.08. The van der Waals surface area contributed by atoms with Crippen LogP contribution in [0, 0.1) is 27.7 Å². The van der Waals surface area contributed by atoms with E-state index in [0.29, 0.717) is 11.6 Å². The number of carbonyl (C=O) groups excluding carboxylic acids is 2. The molecule has 0 atom stereocenters. The summed E-state index contributed by atoms with van der Waals surface area (Å²) in [5, 5.41) is 0. The van der Waals surface area contributed by atoms with Crippen molar-refractivity contribution in [2.75, 3.05) is 6.61 Å². The summed E-state index contributed by atoms with van der Waals surface area (Å²) in [4.78, 5) is 29.2. The first-order chi connectivity index (χ1) is 14.9. The molecule has 0 aromatic carbocycles. The van der Waals surface area contributed by atoms with Gasteiger partial charge in [-0.25, -0.2) is 9.78 Å². The molecular formula is C25H27N3O3. The number of hydrogen-bond acceptors (Lipinski definition) is 4. The number of nitrogens with zero attached hydrogens (tertiary/aromatic N) is 3. The fourth-order valence-corrected chi connectivity index (χ4v) is 4.17. The van der Waals surface area contributed by atoms with E-state index in [1.807, 2.05) is 42.7 Å². The first kappa shape index (κ1) is 20.8. The van der Waals surface area contributed by atoms with Crippen molar-refractivity contribution in [2.45, 2.75) is 46.6 Å². The second-order valence-corrected chi connectivity index (χ2v) is 8.10. The first-order valence-electron chi connectivity index (χ1n) is 10.5. The van der Waals surface area contributed by atoms with Crippen LogP contribution in [0.4, 0.5) is 0 Å². The molecule has 3 aromatic heterocycles. The van der Waals surface area contributed by atoms with Gasteiger partial charge in [0.15, 0.2) is 6.61 Å². The second kappa shape index (κ2) is 8.38. The lowest BCUT2D eigenvalue weighted by molar-refractivity contribution is -0.136. The van der Waals surface area contributed by atoms with Gasteiger partial charge < -0.3 is 13.9 Å². The van der Waals surface area contributed by atoms with E-state index in [1.54, 1.807) is 12.3 Å². The molecule has 31 heavy (non-hydrogen) atoms. The summed E-state index contributed by atoms with van der Waals surface area (Å²) in [6, 6.07) is 10.1. The zero-order chi connectivity index (χ0) is 22.1. The minimum atomic E-state index is -0.525. The van der Waals surface area contributed by atoms with Crippen LogP contribution in [0.3, 0.4) is 0 Å². The number of ether oxygens (including phenoxy) is 1. The maximum atomic E-state index is 12.7. The van der Waals surface area contributed by atoms with Gasteiger partial charge in [0.05, 0.1) is 0 Å². The molecule has 0 spiro atoms. The molecule has 1 aliphatic rings. The maximum absolute atomic E-state index is 12.7. The van der Waals surface area contributed by atoms with Gasteiger partial charge in [-0.2, -0.15) is 0 Å². The molecule has 0 aliphatic heterocycles. The number of aromatic nitrogens is 3. The summed E-state index contributed by atoms with van der Waals surface area (Å²) in [5.41, 5.74) is 5.57. The number of ketones is 1. The van der Waals surface area contributed by atoms with Crippen LogP contribution in [0.2, 0.25) is 0 Å². The zero-order valence-electron chi connectivity index (χ0n) is 18.4. The number of Topliss-reactive ketones (excluding diaryl/α,β-unsaturated/α-hetero) is 1. The third-order valence-electron chi connectivity index (χ3n) is 5.79. The van der Waals surface area contributed by atoms with Gasteiger partial charge in [0.1, 0.15) is 5.82 Å². The van der Waals surface area contributed by atoms with Crippen molar-refractivity contribution in [3.05, 3.63) is 76.5 Å². The van der Waals surface area contributed by atoms with Crippen molar-refractivity contribution in [3.63, 3.8) is 0 Å². The van der Waals surface area contributed by atoms with Crippen LogP contribution in [0.25, 0.3) is 11.9 Å². The average molecular weight is 418 g/mol. The third-order valence-corrected chi connectivity index (χ3v) is 5.79. The lowest BCUT2D eigenvalue weighted by Crippen LogP contribution is -2.13. The molecule has 1 aliphatic carbocycles. The number of carbonyl (C=O) groups is 2. The van der Waals surface area contributed by atoms with E-state index in [0.717, 1.165) is 28.5 Å². The fourth-order valence-electron chi connectivity index (χ4n) is 4.17. The Morgan fingerprint density at radius 3 is 2.55 bits per heavy atom. The van der Waals surface area contributed by atoms with Crippen molar-refractivity contribution in [3.8, 4) is 5.82 Å². The Balaban J connectivity index is 1.41. The summed E-state index contributed by atoms with van der Waals surface area (Å²) in [7, 11) is 0. The number of pyridine rings is 1. The number of hydrogen-bond donors (Lipinski definition) is 0. The van der Waals surface area contributed by atoms with Crippen LogP contribution in [-0.2, 0) is 9.53 Å². The lowest BCUT2D eigenvalue weighted by atomic mass is 10.1. The standard InChI is InChI=1S/C25H27N3O3/c1-16-13-20(18(3)27(16)21-9-10-21)8-11-25(30)31-15-23(29)22-14-17(2)28(19(22)4)24-7-5-6-12-26-24/h5-8,11-14,21H,9-10,15H2,1-4H3/b11-8+. The maximum Gasteiger partial charge on any atom is 0.331 e. The predicted molar refractivity (Wildman–Crippen MR) is 120 cm³/mol. The molecule has 6 heteroatoms. The highest BCUT2D eigenvalue weighted by Crippen LogP contribution is 2.38. The van der Waals surface area contributed by atoms with Crippen molar-refractivity contribution >= 4 is 17.8 Å². The Morgan fingerprint density at radius 1 is 1.10 bits per heavy atom. The second-order valence-electron chi connectivity index (χ2n) is 8.10.